The van der Waals surface area contributed by atoms with Crippen molar-refractivity contribution in [1.82, 2.24) is 0 Å². The van der Waals surface area contributed by atoms with Crippen LogP contribution in [0.4, 0.5) is 0 Å². The van der Waals surface area contributed by atoms with E-state index in [-0.39, 0.29) is 9.72 Å². The van der Waals surface area contributed by atoms with E-state index in [4.69, 9.17) is 0 Å². The molecule has 0 N–H and O–H groups in total. The molecule has 2 aliphatic heterocycles. The molecule has 0 aromatic heterocycles. The molecule has 0 aromatic carbocycles. The molecule has 24 heavy (non-hydrogen) atoms. The van der Waals surface area contributed by atoms with Crippen LogP contribution in [0.1, 0.15) is 0 Å². The summed E-state index contributed by atoms with van der Waals surface area (Å²) in [6.45, 7) is 7.83. The first kappa shape index (κ1) is 18.8. The number of nitro groups is 2. The van der Waals surface area contributed by atoms with Gasteiger partial charge in [-0.25, -0.2) is 0 Å². The smallest absolute Gasteiger partial charge is 0.292 e. The lowest BCUT2D eigenvalue weighted by atomic mass is 10.2. The highest BCUT2D eigenvalue weighted by atomic mass is 28.3. The minimum Gasteiger partial charge on any atom is -0.567 e. The van der Waals surface area contributed by atoms with Gasteiger partial charge in [0.25, 0.3) is 24.2 Å². The molecule has 2 aliphatic rings. The fourth-order valence-corrected chi connectivity index (χ4v) is 10.7. The number of rotatable bonds is 4. The van der Waals surface area contributed by atoms with Crippen LogP contribution in [0.5, 0.6) is 0 Å². The predicted molar refractivity (Wildman–Crippen MR) is 90.6 cm³/mol. The van der Waals surface area contributed by atoms with Crippen LogP contribution in [0.25, 0.3) is 0 Å². The molecule has 2 rings (SSSR count). The zero-order chi connectivity index (χ0) is 18.4. The van der Waals surface area contributed by atoms with E-state index in [0.29, 0.717) is 24.2 Å². The van der Waals surface area contributed by atoms with E-state index in [1.807, 2.05) is 26.2 Å². The maximum Gasteiger partial charge on any atom is 0.292 e. The maximum atomic E-state index is 12.6. The number of azo groups is 1. The Balaban J connectivity index is 2.35. The molecule has 10 nitrogen and oxygen atoms in total. The Morgan fingerprint density at radius 2 is 0.875 bits per heavy atom. The molecule has 0 saturated carbocycles. The van der Waals surface area contributed by atoms with E-state index in [9.17, 15) is 30.6 Å². The molecule has 0 bridgehead atoms. The fourth-order valence-electron chi connectivity index (χ4n) is 4.15. The Morgan fingerprint density at radius 3 is 1.12 bits per heavy atom. The SMILES string of the molecule is C[Si]1(C)C[C@@H]([N+](=O)[O-])[C@H](/[N+]([O-])=[N+](\[O-])[C@@H]2C[Si](C)(C)C[C@@H]2[N+](=O)[O-])C1. The predicted octanol–water partition coefficient (Wildman–Crippen LogP) is 1.93. The van der Waals surface area contributed by atoms with Gasteiger partial charge in [-0.3, -0.25) is 20.2 Å². The number of hydroxylamine groups is 2. The molecular formula is C12H24N4O6Si2. The van der Waals surface area contributed by atoms with Crippen molar-refractivity contribution < 1.29 is 19.6 Å². The van der Waals surface area contributed by atoms with Crippen LogP contribution >= 0.6 is 0 Å². The van der Waals surface area contributed by atoms with Crippen molar-refractivity contribution in [2.75, 3.05) is 0 Å². The summed E-state index contributed by atoms with van der Waals surface area (Å²) in [7, 11) is -3.84. The Hall–Kier alpha value is -1.57. The molecule has 12 heteroatoms. The molecule has 2 fully saturated rings. The molecule has 0 amide bonds. The zero-order valence-corrected chi connectivity index (χ0v) is 16.4. The van der Waals surface area contributed by atoms with E-state index in [2.05, 4.69) is 0 Å². The van der Waals surface area contributed by atoms with Crippen LogP contribution in [0.3, 0.4) is 0 Å². The second kappa shape index (κ2) is 6.06. The van der Waals surface area contributed by atoms with Crippen molar-refractivity contribution in [3.8, 4) is 0 Å². The highest BCUT2D eigenvalue weighted by molar-refractivity contribution is 6.78. The van der Waals surface area contributed by atoms with Gasteiger partial charge in [-0.2, -0.15) is 0 Å². The Kier molecular flexibility index (Phi) is 4.74. The standard InChI is InChI=1S/C12H24N4O6Si2/c1-23(2)5-9(11(7-23)15(19)20)13(17)14(18)10-6-24(3,4)8-12(10)16(21)22/h9-12H,5-8H2,1-4H3/b14-13+/t9-,10-,11-,12+/m1/s1. The summed E-state index contributed by atoms with van der Waals surface area (Å²) in [4.78, 5) is 21.9. The van der Waals surface area contributed by atoms with Crippen molar-refractivity contribution in [3.05, 3.63) is 30.6 Å². The summed E-state index contributed by atoms with van der Waals surface area (Å²) >= 11 is 0. The van der Waals surface area contributed by atoms with Crippen molar-refractivity contribution in [2.45, 2.75) is 74.5 Å². The molecule has 2 heterocycles. The van der Waals surface area contributed by atoms with Gasteiger partial charge < -0.3 is 10.4 Å². The van der Waals surface area contributed by atoms with Crippen molar-refractivity contribution in [1.29, 1.82) is 0 Å². The lowest BCUT2D eigenvalue weighted by molar-refractivity contribution is -1.00. The van der Waals surface area contributed by atoms with E-state index in [1.54, 1.807) is 0 Å². The average molecular weight is 377 g/mol. The van der Waals surface area contributed by atoms with Crippen LogP contribution < -0.4 is 0 Å². The summed E-state index contributed by atoms with van der Waals surface area (Å²) in [5.74, 6) is 0. The van der Waals surface area contributed by atoms with E-state index in [1.165, 1.54) is 0 Å². The topological polar surface area (TPSA) is 138 Å². The van der Waals surface area contributed by atoms with Crippen LogP contribution in [-0.4, -0.2) is 59.9 Å². The molecule has 0 spiro atoms. The van der Waals surface area contributed by atoms with Gasteiger partial charge in [0.1, 0.15) is 0 Å². The summed E-state index contributed by atoms with van der Waals surface area (Å²) in [5.41, 5.74) is 0. The van der Waals surface area contributed by atoms with Gasteiger partial charge in [0.05, 0.1) is 16.1 Å². The van der Waals surface area contributed by atoms with Gasteiger partial charge >= 0.3 is 0 Å². The normalized spacial score (nSPS) is 35.5. The lowest BCUT2D eigenvalue weighted by Crippen LogP contribution is -2.44. The molecule has 0 radical (unpaired) electrons. The minimum absolute atomic E-state index is 0.145. The number of hydrogen-bond donors (Lipinski definition) is 0. The first-order valence-corrected chi connectivity index (χ1v) is 14.9. The van der Waals surface area contributed by atoms with Gasteiger partial charge in [0.2, 0.25) is 0 Å². The molecule has 2 saturated heterocycles. The average Bonchev–Trinajstić information content (AvgIpc) is 2.93. The molecule has 0 aliphatic carbocycles. The summed E-state index contributed by atoms with van der Waals surface area (Å²) in [6, 6.07) is -2.76. The van der Waals surface area contributed by atoms with E-state index in [0.717, 1.165) is 0 Å². The third kappa shape index (κ3) is 3.58. The summed E-state index contributed by atoms with van der Waals surface area (Å²) < 4.78 is 0. The minimum atomic E-state index is -1.92. The number of hydrogen-bond acceptors (Lipinski definition) is 6. The molecule has 136 valence electrons. The second-order valence-electron chi connectivity index (χ2n) is 8.59. The van der Waals surface area contributed by atoms with E-state index < -0.39 is 50.2 Å². The molecule has 4 atom stereocenters. The maximum absolute atomic E-state index is 12.6. The molecule has 0 aromatic rings. The van der Waals surface area contributed by atoms with Crippen molar-refractivity contribution >= 4 is 16.1 Å². The monoisotopic (exact) mass is 376 g/mol. The van der Waals surface area contributed by atoms with Gasteiger partial charge in [-0.15, -0.1) is 0 Å². The summed E-state index contributed by atoms with van der Waals surface area (Å²) in [5, 5.41) is 47.6. The van der Waals surface area contributed by atoms with Crippen LogP contribution in [0, 0.1) is 30.6 Å². The van der Waals surface area contributed by atoms with Crippen molar-refractivity contribution in [3.63, 3.8) is 0 Å². The lowest BCUT2D eigenvalue weighted by Gasteiger charge is -2.16. The van der Waals surface area contributed by atoms with Crippen LogP contribution in [-0.2, 0) is 0 Å². The van der Waals surface area contributed by atoms with E-state index >= 15 is 0 Å². The quantitative estimate of drug-likeness (QED) is 0.241. The Bertz CT molecular complexity index is 546. The van der Waals surface area contributed by atoms with Crippen LogP contribution in [0.15, 0.2) is 0 Å². The highest BCUT2D eigenvalue weighted by Crippen LogP contribution is 2.36. The second-order valence-corrected chi connectivity index (χ2v) is 18.9. The first-order valence-electron chi connectivity index (χ1n) is 8.04. The van der Waals surface area contributed by atoms with Crippen molar-refractivity contribution in [2.24, 2.45) is 0 Å². The molecule has 0 unspecified atom stereocenters. The Labute approximate surface area is 141 Å². The Morgan fingerprint density at radius 1 is 0.625 bits per heavy atom. The van der Waals surface area contributed by atoms with Gasteiger partial charge in [-0.1, -0.05) is 26.2 Å². The zero-order valence-electron chi connectivity index (χ0n) is 14.4. The third-order valence-corrected chi connectivity index (χ3v) is 11.3. The fraction of sp³-hybridized carbons (Fsp3) is 1.00. The number of nitrogens with zero attached hydrogens (tertiary/aromatic N) is 4. The van der Waals surface area contributed by atoms with Gasteiger partial charge in [0.15, 0.2) is 0 Å². The molecular weight excluding hydrogens is 352 g/mol. The third-order valence-electron chi connectivity index (χ3n) is 5.24. The van der Waals surface area contributed by atoms with Gasteiger partial charge in [-0.05, 0) is 0 Å². The highest BCUT2D eigenvalue weighted by Gasteiger charge is 2.59. The van der Waals surface area contributed by atoms with Gasteiger partial charge in [0, 0.05) is 43.7 Å². The largest absolute Gasteiger partial charge is 0.567 e. The summed E-state index contributed by atoms with van der Waals surface area (Å²) in [6.07, 6.45) is 0. The van der Waals surface area contributed by atoms with Crippen LogP contribution in [0.2, 0.25) is 50.4 Å². The first-order chi connectivity index (χ1) is 10.8.